The number of nitro groups is 1. The van der Waals surface area contributed by atoms with Gasteiger partial charge in [0, 0.05) is 36.2 Å². The molecule has 0 bridgehead atoms. The number of non-ortho nitro benzene ring substituents is 1. The number of benzene rings is 2. The maximum absolute atomic E-state index is 12.7. The van der Waals surface area contributed by atoms with Gasteiger partial charge in [-0.1, -0.05) is 12.1 Å². The molecular weight excluding hydrogens is 382 g/mol. The number of carbonyl (C=O) groups is 1. The van der Waals surface area contributed by atoms with Crippen LogP contribution in [0.25, 0.3) is 11.1 Å². The van der Waals surface area contributed by atoms with Crippen molar-refractivity contribution in [3.05, 3.63) is 63.1 Å². The third kappa shape index (κ3) is 3.40. The SMILES string of the molecule is O=C(CCCn1c(=O)oc2cc([N+](=O)[O-])ccc21)N1CCSc2ccccc21. The van der Waals surface area contributed by atoms with E-state index in [0.29, 0.717) is 31.4 Å². The van der Waals surface area contributed by atoms with Gasteiger partial charge in [0.05, 0.1) is 22.2 Å². The molecule has 9 heteroatoms. The zero-order valence-corrected chi connectivity index (χ0v) is 15.7. The molecule has 1 aliphatic heterocycles. The van der Waals surface area contributed by atoms with Crippen molar-refractivity contribution in [2.75, 3.05) is 17.2 Å². The maximum Gasteiger partial charge on any atom is 0.419 e. The molecule has 0 aliphatic carbocycles. The minimum absolute atomic E-state index is 0.0178. The van der Waals surface area contributed by atoms with Crippen LogP contribution in [0.5, 0.6) is 0 Å². The number of thioether (sulfide) groups is 1. The van der Waals surface area contributed by atoms with Crippen molar-refractivity contribution >= 4 is 40.1 Å². The van der Waals surface area contributed by atoms with E-state index in [1.165, 1.54) is 22.8 Å². The number of hydrogen-bond acceptors (Lipinski definition) is 6. The predicted octanol–water partition coefficient (Wildman–Crippen LogP) is 3.42. The quantitative estimate of drug-likeness (QED) is 0.482. The van der Waals surface area contributed by atoms with E-state index in [0.717, 1.165) is 16.3 Å². The molecule has 2 aromatic carbocycles. The van der Waals surface area contributed by atoms with E-state index in [2.05, 4.69) is 0 Å². The Morgan fingerprint density at radius 3 is 2.89 bits per heavy atom. The Bertz CT molecular complexity index is 1120. The third-order valence-corrected chi connectivity index (χ3v) is 5.71. The van der Waals surface area contributed by atoms with Crippen LogP contribution in [0.15, 0.2) is 56.6 Å². The molecule has 0 spiro atoms. The number of aryl methyl sites for hydroxylation is 1. The Morgan fingerprint density at radius 1 is 1.25 bits per heavy atom. The first-order valence-electron chi connectivity index (χ1n) is 8.84. The number of hydrogen-bond donors (Lipinski definition) is 0. The fraction of sp³-hybridized carbons (Fsp3) is 0.263. The van der Waals surface area contributed by atoms with Gasteiger partial charge in [0.15, 0.2) is 5.58 Å². The summed E-state index contributed by atoms with van der Waals surface area (Å²) in [5, 5.41) is 10.9. The number of fused-ring (bicyclic) bond motifs is 2. The summed E-state index contributed by atoms with van der Waals surface area (Å²) in [6, 6.07) is 11.9. The Kier molecular flexibility index (Phi) is 4.91. The Labute approximate surface area is 163 Å². The molecular formula is C19H17N3O5S. The lowest BCUT2D eigenvalue weighted by Crippen LogP contribution is -2.35. The fourth-order valence-corrected chi connectivity index (χ4v) is 4.33. The van der Waals surface area contributed by atoms with Gasteiger partial charge in [0.1, 0.15) is 0 Å². The van der Waals surface area contributed by atoms with Gasteiger partial charge in [0.2, 0.25) is 5.91 Å². The van der Waals surface area contributed by atoms with Crippen molar-refractivity contribution in [2.45, 2.75) is 24.3 Å². The molecule has 0 saturated heterocycles. The van der Waals surface area contributed by atoms with Gasteiger partial charge in [-0.05, 0) is 24.6 Å². The van der Waals surface area contributed by atoms with Gasteiger partial charge in [-0.15, -0.1) is 11.8 Å². The second-order valence-corrected chi connectivity index (χ2v) is 7.53. The number of anilines is 1. The molecule has 8 nitrogen and oxygen atoms in total. The molecule has 0 N–H and O–H groups in total. The molecule has 4 rings (SSSR count). The zero-order chi connectivity index (χ0) is 19.7. The minimum atomic E-state index is -0.581. The second kappa shape index (κ2) is 7.51. The molecule has 2 heterocycles. The van der Waals surface area contributed by atoms with Crippen LogP contribution in [0.2, 0.25) is 0 Å². The molecule has 0 unspecified atom stereocenters. The van der Waals surface area contributed by atoms with Crippen LogP contribution in [-0.2, 0) is 11.3 Å². The molecule has 1 aliphatic rings. The molecule has 28 heavy (non-hydrogen) atoms. The summed E-state index contributed by atoms with van der Waals surface area (Å²) in [5.41, 5.74) is 1.46. The highest BCUT2D eigenvalue weighted by molar-refractivity contribution is 7.99. The number of oxazole rings is 1. The van der Waals surface area contributed by atoms with E-state index < -0.39 is 10.7 Å². The van der Waals surface area contributed by atoms with Gasteiger partial charge in [-0.2, -0.15) is 0 Å². The highest BCUT2D eigenvalue weighted by Crippen LogP contribution is 2.34. The Balaban J connectivity index is 1.46. The molecule has 0 fully saturated rings. The first kappa shape index (κ1) is 18.3. The molecule has 3 aromatic rings. The topological polar surface area (TPSA) is 98.6 Å². The van der Waals surface area contributed by atoms with Crippen LogP contribution < -0.4 is 10.7 Å². The van der Waals surface area contributed by atoms with Gasteiger partial charge in [-0.3, -0.25) is 19.5 Å². The first-order valence-corrected chi connectivity index (χ1v) is 9.83. The Morgan fingerprint density at radius 2 is 2.07 bits per heavy atom. The fourth-order valence-electron chi connectivity index (χ4n) is 3.33. The lowest BCUT2D eigenvalue weighted by atomic mass is 10.2. The van der Waals surface area contributed by atoms with Crippen molar-refractivity contribution in [1.29, 1.82) is 0 Å². The lowest BCUT2D eigenvalue weighted by Gasteiger charge is -2.29. The molecule has 0 radical (unpaired) electrons. The average molecular weight is 399 g/mol. The van der Waals surface area contributed by atoms with Crippen molar-refractivity contribution in [2.24, 2.45) is 0 Å². The second-order valence-electron chi connectivity index (χ2n) is 6.39. The summed E-state index contributed by atoms with van der Waals surface area (Å²) in [5.74, 6) is 0.291. The third-order valence-electron chi connectivity index (χ3n) is 4.66. The number of carbonyl (C=O) groups excluding carboxylic acids is 1. The monoisotopic (exact) mass is 399 g/mol. The van der Waals surface area contributed by atoms with E-state index >= 15 is 0 Å². The van der Waals surface area contributed by atoms with Gasteiger partial charge in [0.25, 0.3) is 5.69 Å². The standard InChI is InChI=1S/C19H17N3O5S/c23-18(20-10-11-28-17-5-2-1-4-15(17)20)6-3-9-21-14-8-7-13(22(25)26)12-16(14)27-19(21)24/h1-2,4-5,7-8,12H,3,6,9-11H2. The Hall–Kier alpha value is -3.07. The van der Waals surface area contributed by atoms with Crippen molar-refractivity contribution in [1.82, 2.24) is 4.57 Å². The minimum Gasteiger partial charge on any atom is -0.407 e. The summed E-state index contributed by atoms with van der Waals surface area (Å²) >= 11 is 1.74. The zero-order valence-electron chi connectivity index (χ0n) is 14.9. The normalized spacial score (nSPS) is 13.5. The number of rotatable bonds is 5. The van der Waals surface area contributed by atoms with Gasteiger partial charge >= 0.3 is 5.76 Å². The summed E-state index contributed by atoms with van der Waals surface area (Å²) in [6.07, 6.45) is 0.765. The van der Waals surface area contributed by atoms with E-state index in [4.69, 9.17) is 4.42 Å². The van der Waals surface area contributed by atoms with Crippen LogP contribution in [-0.4, -0.2) is 27.7 Å². The highest BCUT2D eigenvalue weighted by Gasteiger charge is 2.22. The van der Waals surface area contributed by atoms with Crippen molar-refractivity contribution in [3.8, 4) is 0 Å². The van der Waals surface area contributed by atoms with Crippen LogP contribution in [0.4, 0.5) is 11.4 Å². The summed E-state index contributed by atoms with van der Waals surface area (Å²) < 4.78 is 6.52. The average Bonchev–Trinajstić information content (AvgIpc) is 3.02. The smallest absolute Gasteiger partial charge is 0.407 e. The summed E-state index contributed by atoms with van der Waals surface area (Å²) in [7, 11) is 0. The molecule has 0 saturated carbocycles. The van der Waals surface area contributed by atoms with Crippen LogP contribution in [0, 0.1) is 10.1 Å². The molecule has 0 atom stereocenters. The van der Waals surface area contributed by atoms with Gasteiger partial charge in [-0.25, -0.2) is 4.79 Å². The van der Waals surface area contributed by atoms with Crippen LogP contribution >= 0.6 is 11.8 Å². The van der Waals surface area contributed by atoms with Crippen molar-refractivity contribution < 1.29 is 14.1 Å². The van der Waals surface area contributed by atoms with E-state index in [-0.39, 0.29) is 17.2 Å². The lowest BCUT2D eigenvalue weighted by molar-refractivity contribution is -0.384. The molecule has 1 amide bonds. The van der Waals surface area contributed by atoms with Crippen LogP contribution in [0.3, 0.4) is 0 Å². The van der Waals surface area contributed by atoms with Crippen molar-refractivity contribution in [3.63, 3.8) is 0 Å². The maximum atomic E-state index is 12.7. The van der Waals surface area contributed by atoms with E-state index in [9.17, 15) is 19.7 Å². The molecule has 144 valence electrons. The number of nitro benzene ring substituents is 1. The summed E-state index contributed by atoms with van der Waals surface area (Å²) in [4.78, 5) is 38.0. The molecule has 1 aromatic heterocycles. The largest absolute Gasteiger partial charge is 0.419 e. The number of para-hydroxylation sites is 1. The predicted molar refractivity (Wildman–Crippen MR) is 106 cm³/mol. The van der Waals surface area contributed by atoms with Gasteiger partial charge < -0.3 is 9.32 Å². The van der Waals surface area contributed by atoms with Crippen LogP contribution in [0.1, 0.15) is 12.8 Å². The number of amides is 1. The van der Waals surface area contributed by atoms with E-state index in [1.54, 1.807) is 16.7 Å². The number of aromatic nitrogens is 1. The first-order chi connectivity index (χ1) is 13.5. The highest BCUT2D eigenvalue weighted by atomic mass is 32.2. The summed E-state index contributed by atoms with van der Waals surface area (Å²) in [6.45, 7) is 0.971. The number of nitrogens with zero attached hydrogens (tertiary/aromatic N) is 3. The van der Waals surface area contributed by atoms with E-state index in [1.807, 2.05) is 24.3 Å².